The number of rotatable bonds is 6. The number of primary amides is 2. The number of benzene rings is 1. The summed E-state index contributed by atoms with van der Waals surface area (Å²) in [4.78, 5) is 34.7. The lowest BCUT2D eigenvalue weighted by Crippen LogP contribution is -2.44. The van der Waals surface area contributed by atoms with Crippen LogP contribution < -0.4 is 17.2 Å². The third kappa shape index (κ3) is 4.66. The number of carbonyl (C=O) groups excluding carboxylic acids is 3. The summed E-state index contributed by atoms with van der Waals surface area (Å²) in [7, 11) is 0. The minimum absolute atomic E-state index is 0.0206. The molecule has 19 heavy (non-hydrogen) atoms. The summed E-state index contributed by atoms with van der Waals surface area (Å²) in [6.45, 7) is -0.705. The highest BCUT2D eigenvalue weighted by Crippen LogP contribution is 2.12. The van der Waals surface area contributed by atoms with E-state index in [1.807, 2.05) is 0 Å². The molecule has 0 aliphatic rings. The predicted molar refractivity (Wildman–Crippen MR) is 69.5 cm³/mol. The van der Waals surface area contributed by atoms with Crippen LogP contribution in [0.15, 0.2) is 24.3 Å². The number of para-hydroxylation sites is 1. The summed E-state index contributed by atoms with van der Waals surface area (Å²) in [5, 5.41) is 0. The Morgan fingerprint density at radius 1 is 1.00 bits per heavy atom. The number of nitrogens with two attached hydrogens (primary N) is 3. The van der Waals surface area contributed by atoms with Crippen LogP contribution in [0.5, 0.6) is 0 Å². The van der Waals surface area contributed by atoms with Gasteiger partial charge in [-0.25, -0.2) is 0 Å². The molecule has 0 bridgehead atoms. The summed E-state index contributed by atoms with van der Waals surface area (Å²) in [5.74, 6) is -1.86. The number of anilines is 1. The van der Waals surface area contributed by atoms with Crippen LogP contribution in [0.1, 0.15) is 5.56 Å². The standard InChI is InChI=1S/C12H16N4O3/c13-9-4-2-1-3-8(9)5-12(19)16(6-10(14)17)7-11(15)18/h1-4H,5-7,13H2,(H2,14,17)(H2,15,18). The number of nitrogens with zero attached hydrogens (tertiary/aromatic N) is 1. The van der Waals surface area contributed by atoms with Gasteiger partial charge in [0.05, 0.1) is 19.5 Å². The molecule has 0 radical (unpaired) electrons. The van der Waals surface area contributed by atoms with Crippen LogP contribution in [-0.4, -0.2) is 35.7 Å². The molecule has 7 heteroatoms. The van der Waals surface area contributed by atoms with E-state index in [1.165, 1.54) is 0 Å². The molecule has 3 amide bonds. The van der Waals surface area contributed by atoms with Crippen LogP contribution >= 0.6 is 0 Å². The molecule has 0 aliphatic heterocycles. The fraction of sp³-hybridized carbons (Fsp3) is 0.250. The molecule has 1 aromatic rings. The molecule has 102 valence electrons. The molecule has 7 nitrogen and oxygen atoms in total. The van der Waals surface area contributed by atoms with Crippen LogP contribution in [0, 0.1) is 0 Å². The Kier molecular flexibility index (Phi) is 4.87. The van der Waals surface area contributed by atoms with Crippen molar-refractivity contribution in [1.29, 1.82) is 0 Å². The largest absolute Gasteiger partial charge is 0.398 e. The van der Waals surface area contributed by atoms with E-state index in [1.54, 1.807) is 24.3 Å². The Labute approximate surface area is 110 Å². The maximum atomic E-state index is 12.0. The molecule has 0 unspecified atom stereocenters. The third-order valence-electron chi connectivity index (χ3n) is 2.44. The Morgan fingerprint density at radius 3 is 2.00 bits per heavy atom. The smallest absolute Gasteiger partial charge is 0.237 e. The fourth-order valence-electron chi connectivity index (χ4n) is 1.58. The molecule has 0 saturated heterocycles. The van der Waals surface area contributed by atoms with Gasteiger partial charge in [-0.3, -0.25) is 14.4 Å². The molecule has 1 aromatic carbocycles. The highest BCUT2D eigenvalue weighted by atomic mass is 16.2. The molecule has 0 saturated carbocycles. The highest BCUT2D eigenvalue weighted by molar-refractivity contribution is 5.89. The third-order valence-corrected chi connectivity index (χ3v) is 2.44. The summed E-state index contributed by atoms with van der Waals surface area (Å²) in [6.07, 6.45) is -0.0206. The molecule has 6 N–H and O–H groups in total. The molecular weight excluding hydrogens is 248 g/mol. The van der Waals surface area contributed by atoms with E-state index in [-0.39, 0.29) is 19.5 Å². The van der Waals surface area contributed by atoms with Gasteiger partial charge in [-0.15, -0.1) is 0 Å². The van der Waals surface area contributed by atoms with Gasteiger partial charge in [-0.05, 0) is 11.6 Å². The quantitative estimate of drug-likeness (QED) is 0.545. The fourth-order valence-corrected chi connectivity index (χ4v) is 1.58. The average Bonchev–Trinajstić information content (AvgIpc) is 2.30. The minimum Gasteiger partial charge on any atom is -0.398 e. The highest BCUT2D eigenvalue weighted by Gasteiger charge is 2.18. The van der Waals surface area contributed by atoms with E-state index in [2.05, 4.69) is 0 Å². The van der Waals surface area contributed by atoms with Gasteiger partial charge in [0, 0.05) is 5.69 Å². The van der Waals surface area contributed by atoms with Crippen molar-refractivity contribution in [3.8, 4) is 0 Å². The van der Waals surface area contributed by atoms with Crippen LogP contribution in [0.3, 0.4) is 0 Å². The van der Waals surface area contributed by atoms with E-state index >= 15 is 0 Å². The lowest BCUT2D eigenvalue weighted by molar-refractivity contribution is -0.137. The summed E-state index contributed by atoms with van der Waals surface area (Å²) < 4.78 is 0. The van der Waals surface area contributed by atoms with Crippen molar-refractivity contribution in [2.24, 2.45) is 11.5 Å². The van der Waals surface area contributed by atoms with Gasteiger partial charge >= 0.3 is 0 Å². The van der Waals surface area contributed by atoms with Gasteiger partial charge in [0.25, 0.3) is 0 Å². The van der Waals surface area contributed by atoms with E-state index in [9.17, 15) is 14.4 Å². The van der Waals surface area contributed by atoms with Crippen molar-refractivity contribution in [1.82, 2.24) is 4.90 Å². The van der Waals surface area contributed by atoms with Crippen molar-refractivity contribution in [2.75, 3.05) is 18.8 Å². The lowest BCUT2D eigenvalue weighted by atomic mass is 10.1. The number of hydrogen-bond donors (Lipinski definition) is 3. The molecule has 1 rings (SSSR count). The van der Waals surface area contributed by atoms with Crippen molar-refractivity contribution in [3.05, 3.63) is 29.8 Å². The molecule has 0 atom stereocenters. The second kappa shape index (κ2) is 6.39. The first-order chi connectivity index (χ1) is 8.90. The topological polar surface area (TPSA) is 133 Å². The molecule has 0 heterocycles. The van der Waals surface area contributed by atoms with Gasteiger partial charge < -0.3 is 22.1 Å². The van der Waals surface area contributed by atoms with Crippen LogP contribution in [0.25, 0.3) is 0 Å². The van der Waals surface area contributed by atoms with Crippen molar-refractivity contribution < 1.29 is 14.4 Å². The first-order valence-corrected chi connectivity index (χ1v) is 5.58. The van der Waals surface area contributed by atoms with Gasteiger partial charge in [0.2, 0.25) is 17.7 Å². The molecular formula is C12H16N4O3. The Hall–Kier alpha value is -2.57. The normalized spacial score (nSPS) is 9.89. The van der Waals surface area contributed by atoms with Crippen molar-refractivity contribution in [3.63, 3.8) is 0 Å². The van der Waals surface area contributed by atoms with Gasteiger partial charge in [0.1, 0.15) is 0 Å². The predicted octanol–water partition coefficient (Wildman–Crippen LogP) is -1.39. The molecule has 0 fully saturated rings. The summed E-state index contributed by atoms with van der Waals surface area (Å²) in [5.41, 5.74) is 16.8. The second-order valence-electron chi connectivity index (χ2n) is 4.06. The van der Waals surface area contributed by atoms with Crippen molar-refractivity contribution >= 4 is 23.4 Å². The van der Waals surface area contributed by atoms with Crippen molar-refractivity contribution in [2.45, 2.75) is 6.42 Å². The van der Waals surface area contributed by atoms with E-state index in [4.69, 9.17) is 17.2 Å². The Bertz CT molecular complexity index is 486. The SMILES string of the molecule is NC(=O)CN(CC(N)=O)C(=O)Cc1ccccc1N. The monoisotopic (exact) mass is 264 g/mol. The number of amides is 3. The number of nitrogen functional groups attached to an aromatic ring is 1. The first-order valence-electron chi connectivity index (χ1n) is 5.58. The van der Waals surface area contributed by atoms with Gasteiger partial charge in [-0.1, -0.05) is 18.2 Å². The molecule has 0 aliphatic carbocycles. The minimum atomic E-state index is -0.712. The lowest BCUT2D eigenvalue weighted by Gasteiger charge is -2.19. The Morgan fingerprint density at radius 2 is 1.53 bits per heavy atom. The number of hydrogen-bond acceptors (Lipinski definition) is 4. The Balaban J connectivity index is 2.79. The van der Waals surface area contributed by atoms with E-state index < -0.39 is 17.7 Å². The maximum Gasteiger partial charge on any atom is 0.237 e. The van der Waals surface area contributed by atoms with E-state index in [0.29, 0.717) is 11.3 Å². The van der Waals surface area contributed by atoms with Crippen LogP contribution in [0.4, 0.5) is 5.69 Å². The van der Waals surface area contributed by atoms with Gasteiger partial charge in [-0.2, -0.15) is 0 Å². The zero-order valence-electron chi connectivity index (χ0n) is 10.3. The molecule has 0 spiro atoms. The van der Waals surface area contributed by atoms with Crippen LogP contribution in [-0.2, 0) is 20.8 Å². The van der Waals surface area contributed by atoms with E-state index in [0.717, 1.165) is 4.90 Å². The number of carbonyl (C=O) groups is 3. The maximum absolute atomic E-state index is 12.0. The summed E-state index contributed by atoms with van der Waals surface area (Å²) in [6, 6.07) is 6.84. The van der Waals surface area contributed by atoms with Gasteiger partial charge in [0.15, 0.2) is 0 Å². The first kappa shape index (κ1) is 14.5. The van der Waals surface area contributed by atoms with Crippen LogP contribution in [0.2, 0.25) is 0 Å². The average molecular weight is 264 g/mol. The second-order valence-corrected chi connectivity index (χ2v) is 4.06. The zero-order valence-corrected chi connectivity index (χ0v) is 10.3. The zero-order chi connectivity index (χ0) is 14.4. The summed E-state index contributed by atoms with van der Waals surface area (Å²) >= 11 is 0. The molecule has 0 aromatic heterocycles.